The Morgan fingerprint density at radius 1 is 1.10 bits per heavy atom. The van der Waals surface area contributed by atoms with Crippen LogP contribution in [0.25, 0.3) is 0 Å². The molecule has 0 fully saturated rings. The van der Waals surface area contributed by atoms with Crippen LogP contribution in [0.15, 0.2) is 54.6 Å². The molecule has 2 N–H and O–H groups in total. The van der Waals surface area contributed by atoms with E-state index in [1.807, 2.05) is 31.3 Å². The Morgan fingerprint density at radius 2 is 1.85 bits per heavy atom. The molecule has 0 aliphatic rings. The number of nitrogens with two attached hydrogens (primary N) is 1. The van der Waals surface area contributed by atoms with Crippen LogP contribution < -0.4 is 10.6 Å². The molecule has 0 bridgehead atoms. The van der Waals surface area contributed by atoms with Crippen LogP contribution in [0.1, 0.15) is 12.0 Å². The number of nitrogens with zero attached hydrogens (tertiary/aromatic N) is 1. The quantitative estimate of drug-likeness (QED) is 0.875. The van der Waals surface area contributed by atoms with Gasteiger partial charge in [0.15, 0.2) is 0 Å². The summed E-state index contributed by atoms with van der Waals surface area (Å²) in [5.41, 5.74) is 8.05. The van der Waals surface area contributed by atoms with Crippen molar-refractivity contribution in [2.24, 2.45) is 5.73 Å². The molecule has 0 aliphatic carbocycles. The second-order valence-corrected chi connectivity index (χ2v) is 5.00. The van der Waals surface area contributed by atoms with E-state index in [1.54, 1.807) is 12.1 Å². The van der Waals surface area contributed by atoms with Crippen molar-refractivity contribution in [3.05, 3.63) is 66.0 Å². The maximum absolute atomic E-state index is 13.3. The van der Waals surface area contributed by atoms with Crippen molar-refractivity contribution in [3.8, 4) is 0 Å². The maximum atomic E-state index is 13.3. The number of aryl methyl sites for hydroxylation is 1. The van der Waals surface area contributed by atoms with E-state index in [-0.39, 0.29) is 11.9 Å². The summed E-state index contributed by atoms with van der Waals surface area (Å²) in [5, 5.41) is 0. The van der Waals surface area contributed by atoms with Crippen molar-refractivity contribution < 1.29 is 4.39 Å². The molecule has 20 heavy (non-hydrogen) atoms. The molecule has 0 aromatic heterocycles. The standard InChI is InChI=1S/C17H21FN2/c1-20(16-9-5-8-15(18)12-16)17(13-19)11-10-14-6-3-2-4-7-14/h2-9,12,17H,10-11,13,19H2,1H3. The third-order valence-corrected chi connectivity index (χ3v) is 3.64. The van der Waals surface area contributed by atoms with Gasteiger partial charge in [0, 0.05) is 25.3 Å². The number of halogens is 1. The van der Waals surface area contributed by atoms with Crippen molar-refractivity contribution >= 4 is 5.69 Å². The molecule has 0 radical (unpaired) electrons. The zero-order valence-electron chi connectivity index (χ0n) is 11.8. The monoisotopic (exact) mass is 272 g/mol. The molecule has 2 aromatic rings. The summed E-state index contributed by atoms with van der Waals surface area (Å²) in [5.74, 6) is -0.215. The first-order valence-corrected chi connectivity index (χ1v) is 6.93. The number of anilines is 1. The van der Waals surface area contributed by atoms with Gasteiger partial charge in [-0.3, -0.25) is 0 Å². The van der Waals surface area contributed by atoms with E-state index < -0.39 is 0 Å². The summed E-state index contributed by atoms with van der Waals surface area (Å²) < 4.78 is 13.3. The minimum absolute atomic E-state index is 0.206. The second-order valence-electron chi connectivity index (χ2n) is 5.00. The van der Waals surface area contributed by atoms with Crippen LogP contribution in [0.3, 0.4) is 0 Å². The van der Waals surface area contributed by atoms with E-state index in [4.69, 9.17) is 5.73 Å². The number of rotatable bonds is 6. The molecule has 2 aromatic carbocycles. The Kier molecular flexibility index (Phi) is 5.13. The Morgan fingerprint density at radius 3 is 2.50 bits per heavy atom. The van der Waals surface area contributed by atoms with Crippen LogP contribution in [0.5, 0.6) is 0 Å². The fourth-order valence-electron chi connectivity index (χ4n) is 2.35. The minimum Gasteiger partial charge on any atom is -0.370 e. The van der Waals surface area contributed by atoms with Gasteiger partial charge in [-0.05, 0) is 36.6 Å². The van der Waals surface area contributed by atoms with Crippen molar-refractivity contribution in [2.45, 2.75) is 18.9 Å². The molecule has 0 heterocycles. The molecule has 0 aliphatic heterocycles. The van der Waals surface area contributed by atoms with Crippen LogP contribution in [0.4, 0.5) is 10.1 Å². The van der Waals surface area contributed by atoms with Crippen molar-refractivity contribution in [1.82, 2.24) is 0 Å². The summed E-state index contributed by atoms with van der Waals surface area (Å²) >= 11 is 0. The molecule has 0 spiro atoms. The molecule has 0 saturated carbocycles. The first kappa shape index (κ1) is 14.5. The maximum Gasteiger partial charge on any atom is 0.125 e. The van der Waals surface area contributed by atoms with Gasteiger partial charge in [-0.2, -0.15) is 0 Å². The van der Waals surface area contributed by atoms with E-state index in [0.29, 0.717) is 6.54 Å². The van der Waals surface area contributed by atoms with E-state index in [2.05, 4.69) is 17.0 Å². The van der Waals surface area contributed by atoms with Crippen LogP contribution in [-0.4, -0.2) is 19.6 Å². The lowest BCUT2D eigenvalue weighted by atomic mass is 10.0. The molecule has 106 valence electrons. The highest BCUT2D eigenvalue weighted by Crippen LogP contribution is 2.18. The average Bonchev–Trinajstić information content (AvgIpc) is 2.48. The van der Waals surface area contributed by atoms with Gasteiger partial charge in [0.05, 0.1) is 0 Å². The van der Waals surface area contributed by atoms with Crippen LogP contribution in [-0.2, 0) is 6.42 Å². The topological polar surface area (TPSA) is 29.3 Å². The average molecular weight is 272 g/mol. The molecular formula is C17H21FN2. The number of benzene rings is 2. The number of likely N-dealkylation sites (N-methyl/N-ethyl adjacent to an activating group) is 1. The van der Waals surface area contributed by atoms with Gasteiger partial charge in [-0.1, -0.05) is 36.4 Å². The smallest absolute Gasteiger partial charge is 0.125 e. The lowest BCUT2D eigenvalue weighted by molar-refractivity contribution is 0.584. The van der Waals surface area contributed by atoms with Crippen LogP contribution in [0, 0.1) is 5.82 Å². The van der Waals surface area contributed by atoms with E-state index in [0.717, 1.165) is 18.5 Å². The molecule has 1 unspecified atom stereocenters. The van der Waals surface area contributed by atoms with Gasteiger partial charge in [0.25, 0.3) is 0 Å². The molecule has 2 rings (SSSR count). The van der Waals surface area contributed by atoms with Crippen molar-refractivity contribution in [3.63, 3.8) is 0 Å². The van der Waals surface area contributed by atoms with Gasteiger partial charge in [0.1, 0.15) is 5.82 Å². The zero-order chi connectivity index (χ0) is 14.4. The molecular weight excluding hydrogens is 251 g/mol. The first-order chi connectivity index (χ1) is 9.70. The number of hydrogen-bond donors (Lipinski definition) is 1. The fraction of sp³-hybridized carbons (Fsp3) is 0.294. The van der Waals surface area contributed by atoms with E-state index >= 15 is 0 Å². The minimum atomic E-state index is -0.215. The SMILES string of the molecule is CN(c1cccc(F)c1)C(CN)CCc1ccccc1. The predicted octanol–water partition coefficient (Wildman–Crippen LogP) is 3.22. The second kappa shape index (κ2) is 7.06. The Bertz CT molecular complexity index is 528. The first-order valence-electron chi connectivity index (χ1n) is 6.93. The molecule has 0 amide bonds. The highest BCUT2D eigenvalue weighted by molar-refractivity contribution is 5.46. The van der Waals surface area contributed by atoms with Crippen LogP contribution in [0.2, 0.25) is 0 Å². The van der Waals surface area contributed by atoms with Crippen molar-refractivity contribution in [1.29, 1.82) is 0 Å². The predicted molar refractivity (Wildman–Crippen MR) is 82.4 cm³/mol. The van der Waals surface area contributed by atoms with Gasteiger partial charge >= 0.3 is 0 Å². The molecule has 0 saturated heterocycles. The van der Waals surface area contributed by atoms with Gasteiger partial charge in [-0.25, -0.2) is 4.39 Å². The Labute approximate surface area is 120 Å². The number of hydrogen-bond acceptors (Lipinski definition) is 2. The Hall–Kier alpha value is -1.87. The largest absolute Gasteiger partial charge is 0.370 e. The van der Waals surface area contributed by atoms with Crippen LogP contribution >= 0.6 is 0 Å². The zero-order valence-corrected chi connectivity index (χ0v) is 11.8. The normalized spacial score (nSPS) is 12.2. The van der Waals surface area contributed by atoms with Crippen molar-refractivity contribution in [2.75, 3.05) is 18.5 Å². The highest BCUT2D eigenvalue weighted by Gasteiger charge is 2.14. The summed E-state index contributed by atoms with van der Waals surface area (Å²) in [7, 11) is 1.97. The fourth-order valence-corrected chi connectivity index (χ4v) is 2.35. The molecule has 1 atom stereocenters. The third kappa shape index (κ3) is 3.81. The molecule has 3 heteroatoms. The lowest BCUT2D eigenvalue weighted by Crippen LogP contribution is -2.38. The lowest BCUT2D eigenvalue weighted by Gasteiger charge is -2.29. The molecule has 2 nitrogen and oxygen atoms in total. The van der Waals surface area contributed by atoms with Gasteiger partial charge in [-0.15, -0.1) is 0 Å². The Balaban J connectivity index is 2.00. The van der Waals surface area contributed by atoms with Gasteiger partial charge < -0.3 is 10.6 Å². The summed E-state index contributed by atoms with van der Waals surface area (Å²) in [6.07, 6.45) is 1.93. The van der Waals surface area contributed by atoms with Gasteiger partial charge in [0.2, 0.25) is 0 Å². The van der Waals surface area contributed by atoms with E-state index in [9.17, 15) is 4.39 Å². The summed E-state index contributed by atoms with van der Waals surface area (Å²) in [4.78, 5) is 2.06. The summed E-state index contributed by atoms with van der Waals surface area (Å²) in [6.45, 7) is 0.555. The third-order valence-electron chi connectivity index (χ3n) is 3.64. The van der Waals surface area contributed by atoms with E-state index in [1.165, 1.54) is 11.6 Å². The summed E-state index contributed by atoms with van der Waals surface area (Å²) in [6, 6.07) is 17.2. The highest BCUT2D eigenvalue weighted by atomic mass is 19.1.